The van der Waals surface area contributed by atoms with Crippen molar-refractivity contribution in [2.24, 2.45) is 5.73 Å². The average molecular weight is 356 g/mol. The zero-order valence-corrected chi connectivity index (χ0v) is 14.8. The molecular formula is C18H20N4O2S. The first-order valence-corrected chi connectivity index (χ1v) is 9.12. The highest BCUT2D eigenvalue weighted by molar-refractivity contribution is 7.21. The van der Waals surface area contributed by atoms with Crippen LogP contribution in [0, 0.1) is 0 Å². The molecule has 6 nitrogen and oxygen atoms in total. The molecule has 3 aromatic rings. The lowest BCUT2D eigenvalue weighted by molar-refractivity contribution is 0.0486. The van der Waals surface area contributed by atoms with E-state index >= 15 is 0 Å². The van der Waals surface area contributed by atoms with Gasteiger partial charge < -0.3 is 20.0 Å². The zero-order chi connectivity index (χ0) is 17.4. The molecule has 1 saturated heterocycles. The van der Waals surface area contributed by atoms with E-state index in [1.807, 2.05) is 42.3 Å². The number of fused-ring (bicyclic) bond motifs is 1. The van der Waals surface area contributed by atoms with Crippen molar-refractivity contribution in [3.05, 3.63) is 42.2 Å². The van der Waals surface area contributed by atoms with Crippen LogP contribution < -0.4 is 5.73 Å². The van der Waals surface area contributed by atoms with Crippen LogP contribution in [0.3, 0.4) is 0 Å². The highest BCUT2D eigenvalue weighted by Gasteiger charge is 2.30. The molecule has 25 heavy (non-hydrogen) atoms. The molecule has 7 heteroatoms. The Bertz CT molecular complexity index is 870. The first kappa shape index (κ1) is 16.3. The highest BCUT2D eigenvalue weighted by Crippen LogP contribution is 2.31. The summed E-state index contributed by atoms with van der Waals surface area (Å²) in [5.41, 5.74) is 6.79. The van der Waals surface area contributed by atoms with Crippen LogP contribution in [-0.4, -0.2) is 60.0 Å². The average Bonchev–Trinajstić information content (AvgIpc) is 3.27. The summed E-state index contributed by atoms with van der Waals surface area (Å²) in [7, 11) is 2.04. The van der Waals surface area contributed by atoms with Gasteiger partial charge in [-0.3, -0.25) is 4.79 Å². The van der Waals surface area contributed by atoms with Gasteiger partial charge in [0.25, 0.3) is 5.91 Å². The van der Waals surface area contributed by atoms with E-state index in [1.54, 1.807) is 17.4 Å². The maximum atomic E-state index is 12.8. The smallest absolute Gasteiger partial charge is 0.289 e. The summed E-state index contributed by atoms with van der Waals surface area (Å²) in [6.07, 6.45) is 0. The number of nitrogens with two attached hydrogens (primary N) is 1. The minimum absolute atomic E-state index is 0.0160. The minimum Gasteiger partial charge on any atom is -0.448 e. The Morgan fingerprint density at radius 2 is 2.16 bits per heavy atom. The number of benzene rings is 1. The Morgan fingerprint density at radius 3 is 2.96 bits per heavy atom. The summed E-state index contributed by atoms with van der Waals surface area (Å²) in [4.78, 5) is 21.4. The molecule has 0 aliphatic carbocycles. The van der Waals surface area contributed by atoms with Gasteiger partial charge in [0, 0.05) is 26.2 Å². The number of nitrogens with zero attached hydrogens (tertiary/aromatic N) is 3. The van der Waals surface area contributed by atoms with Gasteiger partial charge in [-0.2, -0.15) is 0 Å². The van der Waals surface area contributed by atoms with E-state index < -0.39 is 0 Å². The molecule has 1 aromatic carbocycles. The summed E-state index contributed by atoms with van der Waals surface area (Å²) in [5.74, 6) is 0.871. The maximum Gasteiger partial charge on any atom is 0.289 e. The molecule has 1 amide bonds. The SMILES string of the molecule is CN1CCN(C(=O)c2ccc(-c3nc4ccccc4s3)o2)[C@@H](CN)C1. The molecule has 0 bridgehead atoms. The van der Waals surface area contributed by atoms with E-state index in [0.29, 0.717) is 24.6 Å². The van der Waals surface area contributed by atoms with Crippen LogP contribution in [0.4, 0.5) is 0 Å². The third-order valence-electron chi connectivity index (χ3n) is 4.54. The number of aromatic nitrogens is 1. The van der Waals surface area contributed by atoms with Gasteiger partial charge in [-0.05, 0) is 31.3 Å². The lowest BCUT2D eigenvalue weighted by atomic mass is 10.1. The van der Waals surface area contributed by atoms with Crippen molar-refractivity contribution in [1.82, 2.24) is 14.8 Å². The number of para-hydroxylation sites is 1. The normalized spacial score (nSPS) is 18.8. The molecule has 3 heterocycles. The summed E-state index contributed by atoms with van der Waals surface area (Å²) >= 11 is 1.56. The number of piperazine rings is 1. The Labute approximate surface area is 149 Å². The van der Waals surface area contributed by atoms with Crippen molar-refractivity contribution in [2.75, 3.05) is 33.2 Å². The van der Waals surface area contributed by atoms with Crippen LogP contribution in [0.1, 0.15) is 10.6 Å². The number of carbonyl (C=O) groups is 1. The summed E-state index contributed by atoms with van der Waals surface area (Å²) in [6, 6.07) is 11.5. The number of hydrogen-bond acceptors (Lipinski definition) is 6. The molecule has 0 saturated carbocycles. The van der Waals surface area contributed by atoms with Gasteiger partial charge in [-0.15, -0.1) is 11.3 Å². The molecular weight excluding hydrogens is 336 g/mol. The monoisotopic (exact) mass is 356 g/mol. The molecule has 0 unspecified atom stereocenters. The van der Waals surface area contributed by atoms with Gasteiger partial charge in [-0.1, -0.05) is 12.1 Å². The van der Waals surface area contributed by atoms with Crippen LogP contribution in [0.5, 0.6) is 0 Å². The molecule has 1 atom stereocenters. The second-order valence-corrected chi connectivity index (χ2v) is 7.33. The lowest BCUT2D eigenvalue weighted by Crippen LogP contribution is -2.56. The Kier molecular flexibility index (Phi) is 4.29. The zero-order valence-electron chi connectivity index (χ0n) is 14.0. The predicted molar refractivity (Wildman–Crippen MR) is 98.7 cm³/mol. The third kappa shape index (κ3) is 3.06. The first-order chi connectivity index (χ1) is 12.2. The topological polar surface area (TPSA) is 75.6 Å². The van der Waals surface area contributed by atoms with E-state index in [1.165, 1.54) is 0 Å². The van der Waals surface area contributed by atoms with Crippen LogP contribution >= 0.6 is 11.3 Å². The van der Waals surface area contributed by atoms with Gasteiger partial charge in [-0.25, -0.2) is 4.98 Å². The van der Waals surface area contributed by atoms with Crippen molar-refractivity contribution in [3.63, 3.8) is 0 Å². The molecule has 0 spiro atoms. The fourth-order valence-electron chi connectivity index (χ4n) is 3.17. The summed E-state index contributed by atoms with van der Waals surface area (Å²) < 4.78 is 6.94. The minimum atomic E-state index is -0.101. The molecule has 4 rings (SSSR count). The number of thiazole rings is 1. The summed E-state index contributed by atoms with van der Waals surface area (Å²) in [6.45, 7) is 2.73. The number of hydrogen-bond donors (Lipinski definition) is 1. The second-order valence-electron chi connectivity index (χ2n) is 6.30. The molecule has 1 aliphatic rings. The summed E-state index contributed by atoms with van der Waals surface area (Å²) in [5, 5.41) is 0.786. The van der Waals surface area contributed by atoms with Crippen molar-refractivity contribution >= 4 is 27.5 Å². The molecule has 2 aromatic heterocycles. The predicted octanol–water partition coefficient (Wildman–Crippen LogP) is 2.27. The largest absolute Gasteiger partial charge is 0.448 e. The van der Waals surface area contributed by atoms with E-state index in [4.69, 9.17) is 10.2 Å². The fraction of sp³-hybridized carbons (Fsp3) is 0.333. The van der Waals surface area contributed by atoms with Gasteiger partial charge in [0.1, 0.15) is 0 Å². The first-order valence-electron chi connectivity index (χ1n) is 8.31. The van der Waals surface area contributed by atoms with Crippen LogP contribution in [0.2, 0.25) is 0 Å². The van der Waals surface area contributed by atoms with Crippen molar-refractivity contribution in [2.45, 2.75) is 6.04 Å². The fourth-order valence-corrected chi connectivity index (χ4v) is 4.09. The molecule has 2 N–H and O–H groups in total. The maximum absolute atomic E-state index is 12.8. The third-order valence-corrected chi connectivity index (χ3v) is 5.59. The molecule has 1 aliphatic heterocycles. The van der Waals surface area contributed by atoms with Gasteiger partial charge in [0.05, 0.1) is 16.3 Å². The van der Waals surface area contributed by atoms with E-state index in [2.05, 4.69) is 9.88 Å². The Balaban J connectivity index is 1.59. The highest BCUT2D eigenvalue weighted by atomic mass is 32.1. The van der Waals surface area contributed by atoms with Crippen molar-refractivity contribution in [1.29, 1.82) is 0 Å². The van der Waals surface area contributed by atoms with Crippen LogP contribution in [0.15, 0.2) is 40.8 Å². The van der Waals surface area contributed by atoms with E-state index in [0.717, 1.165) is 28.3 Å². The lowest BCUT2D eigenvalue weighted by Gasteiger charge is -2.39. The Morgan fingerprint density at radius 1 is 1.32 bits per heavy atom. The van der Waals surface area contributed by atoms with E-state index in [9.17, 15) is 4.79 Å². The van der Waals surface area contributed by atoms with E-state index in [-0.39, 0.29) is 11.9 Å². The van der Waals surface area contributed by atoms with Gasteiger partial charge in [0.15, 0.2) is 16.5 Å². The molecule has 0 radical (unpaired) electrons. The Hall–Kier alpha value is -2.22. The van der Waals surface area contributed by atoms with Crippen molar-refractivity contribution in [3.8, 4) is 10.8 Å². The van der Waals surface area contributed by atoms with Crippen LogP contribution in [-0.2, 0) is 0 Å². The van der Waals surface area contributed by atoms with Gasteiger partial charge >= 0.3 is 0 Å². The number of likely N-dealkylation sites (N-methyl/N-ethyl adjacent to an activating group) is 1. The number of furan rings is 1. The molecule has 1 fully saturated rings. The quantitative estimate of drug-likeness (QED) is 0.779. The molecule has 130 valence electrons. The van der Waals surface area contributed by atoms with Crippen molar-refractivity contribution < 1.29 is 9.21 Å². The number of rotatable bonds is 3. The van der Waals surface area contributed by atoms with Gasteiger partial charge in [0.2, 0.25) is 0 Å². The number of carbonyl (C=O) groups excluding carboxylic acids is 1. The number of amides is 1. The standard InChI is InChI=1S/C18H20N4O2S/c1-21-8-9-22(12(10-19)11-21)18(23)15-7-6-14(24-15)17-20-13-4-2-3-5-16(13)25-17/h2-7,12H,8-11,19H2,1H3/t12-/m0/s1. The second kappa shape index (κ2) is 6.59. The van der Waals surface area contributed by atoms with Crippen LogP contribution in [0.25, 0.3) is 21.0 Å².